The molecule has 0 amide bonds. The maximum Gasteiger partial charge on any atom is 0.0965 e. The molecule has 0 saturated heterocycles. The molecule has 88 valence electrons. The quantitative estimate of drug-likeness (QED) is 0.790. The van der Waals surface area contributed by atoms with E-state index in [1.807, 2.05) is 10.9 Å². The fourth-order valence-electron chi connectivity index (χ4n) is 1.74. The van der Waals surface area contributed by atoms with E-state index in [2.05, 4.69) is 48.6 Å². The molecule has 1 aromatic rings. The van der Waals surface area contributed by atoms with Crippen molar-refractivity contribution >= 4 is 0 Å². The topological polar surface area (TPSA) is 42.7 Å². The molecule has 4 heteroatoms. The molecule has 1 aliphatic carbocycles. The highest BCUT2D eigenvalue weighted by Crippen LogP contribution is 2.13. The van der Waals surface area contributed by atoms with Crippen LogP contribution in [0.3, 0.4) is 0 Å². The standard InChI is InChI=1S/C12H20N4/c1-12(2,3)16-9-11(14-15-16)8-13-10-6-4-5-7-10/h4-5,9-10,13H,6-8H2,1-3H3. The summed E-state index contributed by atoms with van der Waals surface area (Å²) in [4.78, 5) is 0. The van der Waals surface area contributed by atoms with Crippen LogP contribution in [-0.4, -0.2) is 21.0 Å². The highest BCUT2D eigenvalue weighted by atomic mass is 15.4. The maximum atomic E-state index is 4.17. The molecule has 1 aliphatic rings. The van der Waals surface area contributed by atoms with E-state index in [9.17, 15) is 0 Å². The summed E-state index contributed by atoms with van der Waals surface area (Å²) in [6.07, 6.45) is 8.74. The molecule has 0 radical (unpaired) electrons. The van der Waals surface area contributed by atoms with Crippen molar-refractivity contribution in [1.82, 2.24) is 20.3 Å². The van der Waals surface area contributed by atoms with Crippen LogP contribution in [0.5, 0.6) is 0 Å². The Balaban J connectivity index is 1.88. The van der Waals surface area contributed by atoms with Gasteiger partial charge in [0.25, 0.3) is 0 Å². The molecule has 0 atom stereocenters. The molecule has 0 bridgehead atoms. The largest absolute Gasteiger partial charge is 0.308 e. The van der Waals surface area contributed by atoms with Gasteiger partial charge in [0.15, 0.2) is 0 Å². The smallest absolute Gasteiger partial charge is 0.0965 e. The van der Waals surface area contributed by atoms with E-state index in [-0.39, 0.29) is 5.54 Å². The number of hydrogen-bond donors (Lipinski definition) is 1. The van der Waals surface area contributed by atoms with Crippen molar-refractivity contribution in [2.75, 3.05) is 0 Å². The summed E-state index contributed by atoms with van der Waals surface area (Å²) >= 11 is 0. The van der Waals surface area contributed by atoms with E-state index in [0.29, 0.717) is 6.04 Å². The van der Waals surface area contributed by atoms with Gasteiger partial charge in [-0.05, 0) is 33.6 Å². The molecular weight excluding hydrogens is 200 g/mol. The second-order valence-corrected chi connectivity index (χ2v) is 5.35. The predicted molar refractivity (Wildman–Crippen MR) is 64.0 cm³/mol. The average molecular weight is 220 g/mol. The summed E-state index contributed by atoms with van der Waals surface area (Å²) < 4.78 is 1.91. The van der Waals surface area contributed by atoms with E-state index in [1.165, 1.54) is 0 Å². The highest BCUT2D eigenvalue weighted by Gasteiger charge is 2.15. The molecule has 1 N–H and O–H groups in total. The molecule has 0 unspecified atom stereocenters. The third-order valence-corrected chi connectivity index (χ3v) is 2.81. The van der Waals surface area contributed by atoms with Gasteiger partial charge in [-0.2, -0.15) is 0 Å². The summed E-state index contributed by atoms with van der Waals surface area (Å²) in [6.45, 7) is 7.18. The lowest BCUT2D eigenvalue weighted by molar-refractivity contribution is 0.347. The second kappa shape index (κ2) is 4.37. The van der Waals surface area contributed by atoms with Crippen LogP contribution in [0.25, 0.3) is 0 Å². The maximum absolute atomic E-state index is 4.17. The molecule has 1 aromatic heterocycles. The fourth-order valence-corrected chi connectivity index (χ4v) is 1.74. The van der Waals surface area contributed by atoms with Crippen LogP contribution in [0.2, 0.25) is 0 Å². The lowest BCUT2D eigenvalue weighted by Crippen LogP contribution is -2.26. The van der Waals surface area contributed by atoms with Gasteiger partial charge in [-0.3, -0.25) is 0 Å². The van der Waals surface area contributed by atoms with Crippen molar-refractivity contribution in [2.24, 2.45) is 0 Å². The SMILES string of the molecule is CC(C)(C)n1cc(CNC2CC=CC2)nn1. The van der Waals surface area contributed by atoms with Gasteiger partial charge in [0.1, 0.15) is 0 Å². The predicted octanol–water partition coefficient (Wildman–Crippen LogP) is 1.84. The fraction of sp³-hybridized carbons (Fsp3) is 0.667. The molecule has 0 spiro atoms. The van der Waals surface area contributed by atoms with Crippen LogP contribution in [0.1, 0.15) is 39.3 Å². The molecule has 16 heavy (non-hydrogen) atoms. The number of aromatic nitrogens is 3. The third-order valence-electron chi connectivity index (χ3n) is 2.81. The van der Waals surface area contributed by atoms with Gasteiger partial charge in [-0.1, -0.05) is 17.4 Å². The number of nitrogens with zero attached hydrogens (tertiary/aromatic N) is 3. The number of nitrogens with one attached hydrogen (secondary N) is 1. The summed E-state index contributed by atoms with van der Waals surface area (Å²) in [5, 5.41) is 11.8. The van der Waals surface area contributed by atoms with Gasteiger partial charge >= 0.3 is 0 Å². The first-order valence-corrected chi connectivity index (χ1v) is 5.86. The Labute approximate surface area is 96.7 Å². The molecule has 1 heterocycles. The Kier molecular flexibility index (Phi) is 3.10. The van der Waals surface area contributed by atoms with Gasteiger partial charge in [-0.25, -0.2) is 4.68 Å². The van der Waals surface area contributed by atoms with Crippen molar-refractivity contribution in [3.8, 4) is 0 Å². The zero-order chi connectivity index (χ0) is 11.6. The van der Waals surface area contributed by atoms with Crippen molar-refractivity contribution in [2.45, 2.75) is 51.7 Å². The van der Waals surface area contributed by atoms with Crippen molar-refractivity contribution < 1.29 is 0 Å². The van der Waals surface area contributed by atoms with Gasteiger partial charge in [0.2, 0.25) is 0 Å². The van der Waals surface area contributed by atoms with Crippen LogP contribution in [-0.2, 0) is 12.1 Å². The van der Waals surface area contributed by atoms with E-state index in [4.69, 9.17) is 0 Å². The monoisotopic (exact) mass is 220 g/mol. The summed E-state index contributed by atoms with van der Waals surface area (Å²) in [6, 6.07) is 0.583. The Hall–Kier alpha value is -1.16. The Morgan fingerprint density at radius 1 is 1.38 bits per heavy atom. The molecule has 4 nitrogen and oxygen atoms in total. The molecule has 2 rings (SSSR count). The third kappa shape index (κ3) is 2.70. The van der Waals surface area contributed by atoms with Crippen LogP contribution in [0.4, 0.5) is 0 Å². The summed E-state index contributed by atoms with van der Waals surface area (Å²) in [5.41, 5.74) is 1.03. The Morgan fingerprint density at radius 2 is 2.06 bits per heavy atom. The first-order chi connectivity index (χ1) is 7.55. The molecule has 0 aromatic carbocycles. The Morgan fingerprint density at radius 3 is 2.62 bits per heavy atom. The Bertz CT molecular complexity index is 365. The van der Waals surface area contributed by atoms with Crippen LogP contribution >= 0.6 is 0 Å². The number of hydrogen-bond acceptors (Lipinski definition) is 3. The molecule has 0 aliphatic heterocycles. The minimum atomic E-state index is 0.0141. The highest BCUT2D eigenvalue weighted by molar-refractivity contribution is 5.00. The van der Waals surface area contributed by atoms with Gasteiger partial charge < -0.3 is 5.32 Å². The van der Waals surface area contributed by atoms with Crippen LogP contribution < -0.4 is 5.32 Å². The number of rotatable bonds is 3. The molecular formula is C12H20N4. The first-order valence-electron chi connectivity index (χ1n) is 5.86. The zero-order valence-corrected chi connectivity index (χ0v) is 10.3. The lowest BCUT2D eigenvalue weighted by atomic mass is 10.1. The zero-order valence-electron chi connectivity index (χ0n) is 10.3. The van der Waals surface area contributed by atoms with Gasteiger partial charge in [0, 0.05) is 12.6 Å². The minimum absolute atomic E-state index is 0.0141. The summed E-state index contributed by atoms with van der Waals surface area (Å²) in [7, 11) is 0. The van der Waals surface area contributed by atoms with E-state index >= 15 is 0 Å². The van der Waals surface area contributed by atoms with Crippen molar-refractivity contribution in [3.05, 3.63) is 24.0 Å². The average Bonchev–Trinajstić information content (AvgIpc) is 2.85. The van der Waals surface area contributed by atoms with E-state index < -0.39 is 0 Å². The lowest BCUT2D eigenvalue weighted by Gasteiger charge is -2.17. The molecule has 0 saturated carbocycles. The van der Waals surface area contributed by atoms with E-state index in [1.54, 1.807) is 0 Å². The molecule has 0 fully saturated rings. The van der Waals surface area contributed by atoms with Crippen molar-refractivity contribution in [3.63, 3.8) is 0 Å². The minimum Gasteiger partial charge on any atom is -0.308 e. The second-order valence-electron chi connectivity index (χ2n) is 5.35. The summed E-state index contributed by atoms with van der Waals surface area (Å²) in [5.74, 6) is 0. The normalized spacial score (nSPS) is 17.2. The van der Waals surface area contributed by atoms with Crippen LogP contribution in [0, 0.1) is 0 Å². The van der Waals surface area contributed by atoms with E-state index in [0.717, 1.165) is 25.1 Å². The van der Waals surface area contributed by atoms with Gasteiger partial charge in [0.05, 0.1) is 17.4 Å². The first kappa shape index (κ1) is 11.3. The van der Waals surface area contributed by atoms with Gasteiger partial charge in [-0.15, -0.1) is 5.10 Å². The van der Waals surface area contributed by atoms with Crippen LogP contribution in [0.15, 0.2) is 18.3 Å². The van der Waals surface area contributed by atoms with Crippen molar-refractivity contribution in [1.29, 1.82) is 0 Å².